The summed E-state index contributed by atoms with van der Waals surface area (Å²) in [6, 6.07) is 14.1. The first-order chi connectivity index (χ1) is 14.8. The van der Waals surface area contributed by atoms with Crippen LogP contribution in [0, 0.1) is 5.92 Å². The molecule has 0 radical (unpaired) electrons. The average molecular weight is 424 g/mol. The van der Waals surface area contributed by atoms with Crippen LogP contribution in [0.5, 0.6) is 0 Å². The lowest BCUT2D eigenvalue weighted by Crippen LogP contribution is -2.51. The number of rotatable bonds is 8. The summed E-state index contributed by atoms with van der Waals surface area (Å²) < 4.78 is 5.51. The van der Waals surface area contributed by atoms with Gasteiger partial charge in [0.15, 0.2) is 0 Å². The van der Waals surface area contributed by atoms with E-state index < -0.39 is 30.1 Å². The maximum absolute atomic E-state index is 12.5. The van der Waals surface area contributed by atoms with Gasteiger partial charge < -0.3 is 20.5 Å². The molecular formula is C24H28N2O5. The summed E-state index contributed by atoms with van der Waals surface area (Å²) in [6.07, 6.45) is -0.340. The van der Waals surface area contributed by atoms with E-state index >= 15 is 0 Å². The first kappa shape index (κ1) is 22.3. The largest absolute Gasteiger partial charge is 0.480 e. The molecule has 2 aromatic carbocycles. The Bertz CT molecular complexity index is 926. The predicted molar refractivity (Wildman–Crippen MR) is 117 cm³/mol. The zero-order valence-corrected chi connectivity index (χ0v) is 17.9. The molecule has 3 rings (SSSR count). The van der Waals surface area contributed by atoms with Crippen LogP contribution in [0.4, 0.5) is 4.79 Å². The van der Waals surface area contributed by atoms with Crippen LogP contribution in [0.1, 0.15) is 44.2 Å². The highest BCUT2D eigenvalue weighted by Gasteiger charge is 2.30. The van der Waals surface area contributed by atoms with Crippen molar-refractivity contribution in [2.45, 2.75) is 45.2 Å². The number of carbonyl (C=O) groups is 3. The summed E-state index contributed by atoms with van der Waals surface area (Å²) in [5.74, 6) is -1.65. The Balaban J connectivity index is 1.66. The molecule has 2 amide bonds. The van der Waals surface area contributed by atoms with Crippen molar-refractivity contribution >= 4 is 18.0 Å². The quantitative estimate of drug-likeness (QED) is 0.601. The summed E-state index contributed by atoms with van der Waals surface area (Å²) >= 11 is 0. The molecule has 0 heterocycles. The van der Waals surface area contributed by atoms with E-state index in [2.05, 4.69) is 22.8 Å². The predicted octanol–water partition coefficient (Wildman–Crippen LogP) is 3.53. The highest BCUT2D eigenvalue weighted by Crippen LogP contribution is 2.44. The van der Waals surface area contributed by atoms with Gasteiger partial charge >= 0.3 is 12.1 Å². The third kappa shape index (κ3) is 5.23. The van der Waals surface area contributed by atoms with Gasteiger partial charge in [0, 0.05) is 5.92 Å². The molecule has 0 aliphatic heterocycles. The van der Waals surface area contributed by atoms with Gasteiger partial charge in [0.1, 0.15) is 18.7 Å². The highest BCUT2D eigenvalue weighted by molar-refractivity contribution is 5.89. The number of carboxylic acid groups (broad SMARTS) is 1. The minimum atomic E-state index is -1.14. The number of carboxylic acids is 1. The molecule has 0 aromatic heterocycles. The van der Waals surface area contributed by atoms with Gasteiger partial charge in [-0.25, -0.2) is 4.79 Å². The lowest BCUT2D eigenvalue weighted by atomic mass is 9.98. The summed E-state index contributed by atoms with van der Waals surface area (Å²) in [5, 5.41) is 14.0. The molecule has 1 aliphatic rings. The van der Waals surface area contributed by atoms with E-state index in [-0.39, 0.29) is 18.4 Å². The molecule has 0 saturated heterocycles. The van der Waals surface area contributed by atoms with E-state index in [1.54, 1.807) is 0 Å². The molecule has 7 nitrogen and oxygen atoms in total. The number of alkyl carbamates (subject to hydrolysis) is 1. The van der Waals surface area contributed by atoms with Crippen molar-refractivity contribution in [3.63, 3.8) is 0 Å². The third-order valence-corrected chi connectivity index (χ3v) is 5.39. The number of ether oxygens (including phenoxy) is 1. The van der Waals surface area contributed by atoms with Crippen LogP contribution in [0.15, 0.2) is 48.5 Å². The maximum Gasteiger partial charge on any atom is 0.407 e. The van der Waals surface area contributed by atoms with Gasteiger partial charge in [-0.3, -0.25) is 9.59 Å². The molecule has 2 aromatic rings. The molecule has 0 spiro atoms. The van der Waals surface area contributed by atoms with Crippen molar-refractivity contribution < 1.29 is 24.2 Å². The fourth-order valence-electron chi connectivity index (χ4n) is 3.86. The summed E-state index contributed by atoms with van der Waals surface area (Å²) in [7, 11) is 0. The molecule has 0 saturated carbocycles. The molecule has 0 bridgehead atoms. The van der Waals surface area contributed by atoms with E-state index in [1.807, 2.05) is 50.2 Å². The van der Waals surface area contributed by atoms with Crippen LogP contribution in [0.3, 0.4) is 0 Å². The Morgan fingerprint density at radius 2 is 1.48 bits per heavy atom. The third-order valence-electron chi connectivity index (χ3n) is 5.39. The van der Waals surface area contributed by atoms with Gasteiger partial charge in [-0.05, 0) is 41.5 Å². The van der Waals surface area contributed by atoms with Crippen molar-refractivity contribution in [3.8, 4) is 11.1 Å². The highest BCUT2D eigenvalue weighted by atomic mass is 16.5. The van der Waals surface area contributed by atoms with Crippen molar-refractivity contribution in [3.05, 3.63) is 59.7 Å². The zero-order valence-electron chi connectivity index (χ0n) is 17.9. The number of aliphatic carboxylic acids is 1. The number of fused-ring (bicyclic) bond motifs is 3. The second-order valence-corrected chi connectivity index (χ2v) is 8.22. The van der Waals surface area contributed by atoms with Crippen molar-refractivity contribution in [2.75, 3.05) is 6.61 Å². The van der Waals surface area contributed by atoms with E-state index in [1.165, 1.54) is 6.92 Å². The molecule has 164 valence electrons. The Morgan fingerprint density at radius 1 is 0.935 bits per heavy atom. The minimum absolute atomic E-state index is 0.0810. The smallest absolute Gasteiger partial charge is 0.407 e. The molecule has 2 atom stereocenters. The van der Waals surface area contributed by atoms with E-state index in [0.29, 0.717) is 6.42 Å². The first-order valence-electron chi connectivity index (χ1n) is 10.4. The van der Waals surface area contributed by atoms with Crippen LogP contribution in [0.2, 0.25) is 0 Å². The first-order valence-corrected chi connectivity index (χ1v) is 10.4. The monoisotopic (exact) mass is 424 g/mol. The van der Waals surface area contributed by atoms with Gasteiger partial charge in [0.2, 0.25) is 5.91 Å². The maximum atomic E-state index is 12.5. The molecule has 7 heteroatoms. The number of amides is 2. The fraction of sp³-hybridized carbons (Fsp3) is 0.375. The van der Waals surface area contributed by atoms with Gasteiger partial charge in [0.25, 0.3) is 0 Å². The van der Waals surface area contributed by atoms with Crippen LogP contribution < -0.4 is 10.6 Å². The topological polar surface area (TPSA) is 105 Å². The fourth-order valence-corrected chi connectivity index (χ4v) is 3.86. The summed E-state index contributed by atoms with van der Waals surface area (Å²) in [6.45, 7) is 5.35. The SMILES string of the molecule is CC(C)CC(NC(=O)OCC1c2ccccc2-c2ccccc21)C(=O)N[C@H](C)C(=O)O. The van der Waals surface area contributed by atoms with Crippen LogP contribution in [-0.4, -0.2) is 41.8 Å². The van der Waals surface area contributed by atoms with E-state index in [4.69, 9.17) is 9.84 Å². The number of hydrogen-bond acceptors (Lipinski definition) is 4. The zero-order chi connectivity index (χ0) is 22.5. The average Bonchev–Trinajstić information content (AvgIpc) is 3.05. The molecule has 0 fully saturated rings. The van der Waals surface area contributed by atoms with Crippen molar-refractivity contribution in [2.24, 2.45) is 5.92 Å². The Labute approximate surface area is 181 Å². The van der Waals surface area contributed by atoms with Crippen molar-refractivity contribution in [1.29, 1.82) is 0 Å². The molecule has 1 unspecified atom stereocenters. The van der Waals surface area contributed by atoms with Crippen LogP contribution >= 0.6 is 0 Å². The second kappa shape index (κ2) is 9.64. The lowest BCUT2D eigenvalue weighted by Gasteiger charge is -2.22. The normalized spacial score (nSPS) is 14.3. The van der Waals surface area contributed by atoms with E-state index in [0.717, 1.165) is 22.3 Å². The van der Waals surface area contributed by atoms with Crippen molar-refractivity contribution in [1.82, 2.24) is 10.6 Å². The van der Waals surface area contributed by atoms with Gasteiger partial charge in [-0.2, -0.15) is 0 Å². The van der Waals surface area contributed by atoms with Gasteiger partial charge in [0.05, 0.1) is 0 Å². The second-order valence-electron chi connectivity index (χ2n) is 8.22. The number of hydrogen-bond donors (Lipinski definition) is 3. The summed E-state index contributed by atoms with van der Waals surface area (Å²) in [5.41, 5.74) is 4.46. The minimum Gasteiger partial charge on any atom is -0.480 e. The van der Waals surface area contributed by atoms with E-state index in [9.17, 15) is 14.4 Å². The number of benzene rings is 2. The van der Waals surface area contributed by atoms with Gasteiger partial charge in [-0.15, -0.1) is 0 Å². The number of carbonyl (C=O) groups excluding carboxylic acids is 2. The van der Waals surface area contributed by atoms with Gasteiger partial charge in [-0.1, -0.05) is 62.4 Å². The summed E-state index contributed by atoms with van der Waals surface area (Å²) in [4.78, 5) is 36.0. The molecule has 31 heavy (non-hydrogen) atoms. The number of nitrogens with one attached hydrogen (secondary N) is 2. The van der Waals surface area contributed by atoms with Crippen LogP contribution in [-0.2, 0) is 14.3 Å². The Morgan fingerprint density at radius 3 is 2.00 bits per heavy atom. The molecule has 1 aliphatic carbocycles. The Hall–Kier alpha value is -3.35. The van der Waals surface area contributed by atoms with Crippen LogP contribution in [0.25, 0.3) is 11.1 Å². The molecule has 3 N–H and O–H groups in total. The lowest BCUT2D eigenvalue weighted by molar-refractivity contribution is -0.141. The standard InChI is InChI=1S/C24H28N2O5/c1-14(2)12-21(22(27)25-15(3)23(28)29)26-24(30)31-13-20-18-10-6-4-8-16(18)17-9-5-7-11-19(17)20/h4-11,14-15,20-21H,12-13H2,1-3H3,(H,25,27)(H,26,30)(H,28,29)/t15-,21?/m1/s1. The molecular weight excluding hydrogens is 396 g/mol. The Kier molecular flexibility index (Phi) is 6.95.